The van der Waals surface area contributed by atoms with Crippen LogP contribution in [0.4, 0.5) is 0 Å². The molecule has 1 aliphatic heterocycles. The molecule has 1 heterocycles. The molecule has 1 saturated heterocycles. The van der Waals surface area contributed by atoms with Crippen molar-refractivity contribution >= 4 is 5.97 Å². The van der Waals surface area contributed by atoms with Gasteiger partial charge in [-0.3, -0.25) is 0 Å². The number of carbonyl (C=O) groups is 1. The first-order chi connectivity index (χ1) is 6.58. The van der Waals surface area contributed by atoms with Gasteiger partial charge in [0.25, 0.3) is 0 Å². The van der Waals surface area contributed by atoms with Crippen LogP contribution in [0.2, 0.25) is 0 Å². The Balaban J connectivity index is 2.35. The number of carbonyl (C=O) groups excluding carboxylic acids is 1. The first kappa shape index (κ1) is 11.2. The Morgan fingerprint density at radius 3 is 2.71 bits per heavy atom. The van der Waals surface area contributed by atoms with Crippen molar-refractivity contribution in [3.05, 3.63) is 12.2 Å². The third kappa shape index (κ3) is 3.50. The molecule has 0 aromatic heterocycles. The van der Waals surface area contributed by atoms with Gasteiger partial charge in [0.05, 0.1) is 12.7 Å². The third-order valence-corrected chi connectivity index (χ3v) is 2.06. The summed E-state index contributed by atoms with van der Waals surface area (Å²) in [7, 11) is 0. The average molecular weight is 198 g/mol. The molecule has 1 aliphatic rings. The van der Waals surface area contributed by atoms with Crippen molar-refractivity contribution < 1.29 is 14.3 Å². The molecule has 0 aliphatic carbocycles. The minimum absolute atomic E-state index is 0.0607. The van der Waals surface area contributed by atoms with Gasteiger partial charge in [0.2, 0.25) is 0 Å². The average Bonchev–Trinajstić information content (AvgIpc) is 2.82. The molecular weight excluding hydrogens is 180 g/mol. The van der Waals surface area contributed by atoms with Crippen molar-refractivity contribution in [1.29, 1.82) is 0 Å². The topological polar surface area (TPSA) is 38.8 Å². The van der Waals surface area contributed by atoms with Gasteiger partial charge in [0.15, 0.2) is 0 Å². The standard InChI is InChI=1S/C11H18O3/c1-4-6-11(8-13-11)7-5-10(12)14-9(2)3/h5,7,9H,4,6,8H2,1-3H3/b7-5+. The summed E-state index contributed by atoms with van der Waals surface area (Å²) in [5.41, 5.74) is -0.162. The maximum Gasteiger partial charge on any atom is 0.330 e. The second-order valence-corrected chi connectivity index (χ2v) is 3.92. The van der Waals surface area contributed by atoms with E-state index in [0.29, 0.717) is 0 Å². The summed E-state index contributed by atoms with van der Waals surface area (Å²) < 4.78 is 10.3. The summed E-state index contributed by atoms with van der Waals surface area (Å²) in [4.78, 5) is 11.2. The summed E-state index contributed by atoms with van der Waals surface area (Å²) in [6, 6.07) is 0. The van der Waals surface area contributed by atoms with E-state index < -0.39 is 0 Å². The first-order valence-electron chi connectivity index (χ1n) is 5.12. The van der Waals surface area contributed by atoms with Gasteiger partial charge >= 0.3 is 5.97 Å². The van der Waals surface area contributed by atoms with E-state index in [1.807, 2.05) is 19.9 Å². The molecule has 3 heteroatoms. The molecule has 3 nitrogen and oxygen atoms in total. The van der Waals surface area contributed by atoms with Crippen LogP contribution in [-0.4, -0.2) is 24.3 Å². The van der Waals surface area contributed by atoms with E-state index in [9.17, 15) is 4.79 Å². The number of hydrogen-bond donors (Lipinski definition) is 0. The number of hydrogen-bond acceptors (Lipinski definition) is 3. The van der Waals surface area contributed by atoms with Crippen LogP contribution in [0.25, 0.3) is 0 Å². The molecule has 0 aromatic rings. The molecule has 0 spiro atoms. The zero-order valence-electron chi connectivity index (χ0n) is 9.08. The molecule has 1 atom stereocenters. The second kappa shape index (κ2) is 4.60. The normalized spacial score (nSPS) is 25.7. The number of epoxide rings is 1. The molecule has 80 valence electrons. The Morgan fingerprint density at radius 2 is 2.29 bits per heavy atom. The Bertz CT molecular complexity index is 227. The molecule has 1 fully saturated rings. The van der Waals surface area contributed by atoms with Gasteiger partial charge in [-0.15, -0.1) is 0 Å². The Hall–Kier alpha value is -0.830. The fraction of sp³-hybridized carbons (Fsp3) is 0.727. The zero-order chi connectivity index (χ0) is 10.6. The van der Waals surface area contributed by atoms with Gasteiger partial charge in [0.1, 0.15) is 5.60 Å². The van der Waals surface area contributed by atoms with Crippen LogP contribution >= 0.6 is 0 Å². The minimum Gasteiger partial charge on any atom is -0.460 e. The lowest BCUT2D eigenvalue weighted by Gasteiger charge is -2.06. The largest absolute Gasteiger partial charge is 0.460 e. The van der Waals surface area contributed by atoms with Crippen LogP contribution in [0.5, 0.6) is 0 Å². The van der Waals surface area contributed by atoms with Gasteiger partial charge < -0.3 is 9.47 Å². The highest BCUT2D eigenvalue weighted by atomic mass is 16.6. The van der Waals surface area contributed by atoms with E-state index in [2.05, 4.69) is 6.92 Å². The van der Waals surface area contributed by atoms with Crippen LogP contribution in [0.3, 0.4) is 0 Å². The van der Waals surface area contributed by atoms with Crippen molar-refractivity contribution in [3.8, 4) is 0 Å². The molecule has 0 saturated carbocycles. The number of rotatable bonds is 5. The maximum atomic E-state index is 11.2. The van der Waals surface area contributed by atoms with E-state index in [4.69, 9.17) is 9.47 Å². The molecule has 0 aromatic carbocycles. The van der Waals surface area contributed by atoms with Crippen molar-refractivity contribution in [2.24, 2.45) is 0 Å². The molecule has 0 N–H and O–H groups in total. The summed E-state index contributed by atoms with van der Waals surface area (Å²) in [6.07, 6.45) is 5.26. The number of ether oxygens (including phenoxy) is 2. The highest BCUT2D eigenvalue weighted by Crippen LogP contribution is 2.33. The highest BCUT2D eigenvalue weighted by molar-refractivity contribution is 5.82. The lowest BCUT2D eigenvalue weighted by Crippen LogP contribution is -2.11. The lowest BCUT2D eigenvalue weighted by molar-refractivity contribution is -0.141. The SMILES string of the molecule is CCCC1(/C=C/C(=O)OC(C)C)CO1. The van der Waals surface area contributed by atoms with Gasteiger partial charge in [0, 0.05) is 6.08 Å². The van der Waals surface area contributed by atoms with E-state index in [-0.39, 0.29) is 17.7 Å². The first-order valence-corrected chi connectivity index (χ1v) is 5.12. The second-order valence-electron chi connectivity index (χ2n) is 3.92. The van der Waals surface area contributed by atoms with Crippen LogP contribution < -0.4 is 0 Å². The zero-order valence-corrected chi connectivity index (χ0v) is 9.08. The van der Waals surface area contributed by atoms with E-state index in [0.717, 1.165) is 19.4 Å². The summed E-state index contributed by atoms with van der Waals surface area (Å²) >= 11 is 0. The van der Waals surface area contributed by atoms with Crippen LogP contribution in [0.1, 0.15) is 33.6 Å². The summed E-state index contributed by atoms with van der Waals surface area (Å²) in [6.45, 7) is 6.50. The highest BCUT2D eigenvalue weighted by Gasteiger charge is 2.40. The molecule has 0 amide bonds. The van der Waals surface area contributed by atoms with Crippen LogP contribution in [0, 0.1) is 0 Å². The predicted octanol–water partition coefficient (Wildman–Crippen LogP) is 2.06. The van der Waals surface area contributed by atoms with Crippen molar-refractivity contribution in [2.45, 2.75) is 45.3 Å². The van der Waals surface area contributed by atoms with Crippen molar-refractivity contribution in [2.75, 3.05) is 6.61 Å². The quantitative estimate of drug-likeness (QED) is 0.385. The molecule has 0 radical (unpaired) electrons. The van der Waals surface area contributed by atoms with Crippen LogP contribution in [0.15, 0.2) is 12.2 Å². The predicted molar refractivity (Wildman–Crippen MR) is 54.0 cm³/mol. The fourth-order valence-corrected chi connectivity index (χ4v) is 1.33. The Morgan fingerprint density at radius 1 is 1.64 bits per heavy atom. The van der Waals surface area contributed by atoms with Crippen molar-refractivity contribution in [1.82, 2.24) is 0 Å². The third-order valence-electron chi connectivity index (χ3n) is 2.06. The Kier molecular flexibility index (Phi) is 3.69. The Labute approximate surface area is 85.1 Å². The van der Waals surface area contributed by atoms with Crippen molar-refractivity contribution in [3.63, 3.8) is 0 Å². The van der Waals surface area contributed by atoms with E-state index in [1.165, 1.54) is 6.08 Å². The summed E-state index contributed by atoms with van der Waals surface area (Å²) in [5, 5.41) is 0. The van der Waals surface area contributed by atoms with E-state index >= 15 is 0 Å². The van der Waals surface area contributed by atoms with E-state index in [1.54, 1.807) is 0 Å². The minimum atomic E-state index is -0.286. The van der Waals surface area contributed by atoms with Crippen LogP contribution in [-0.2, 0) is 14.3 Å². The number of esters is 1. The molecule has 1 rings (SSSR count). The summed E-state index contributed by atoms with van der Waals surface area (Å²) in [5.74, 6) is -0.286. The van der Waals surface area contributed by atoms with Gasteiger partial charge in [-0.1, -0.05) is 13.3 Å². The molecule has 0 bridgehead atoms. The van der Waals surface area contributed by atoms with Gasteiger partial charge in [-0.2, -0.15) is 0 Å². The molecule has 14 heavy (non-hydrogen) atoms. The van der Waals surface area contributed by atoms with Gasteiger partial charge in [-0.25, -0.2) is 4.79 Å². The molecule has 1 unspecified atom stereocenters. The van der Waals surface area contributed by atoms with Gasteiger partial charge in [-0.05, 0) is 26.3 Å². The molecular formula is C11H18O3. The fourth-order valence-electron chi connectivity index (χ4n) is 1.33. The maximum absolute atomic E-state index is 11.2. The monoisotopic (exact) mass is 198 g/mol. The smallest absolute Gasteiger partial charge is 0.330 e. The lowest BCUT2D eigenvalue weighted by atomic mass is 10.0.